The molecule has 0 bridgehead atoms. The molecule has 0 spiro atoms. The Kier molecular flexibility index (Phi) is 4.58. The average molecular weight is 227 g/mol. The summed E-state index contributed by atoms with van der Waals surface area (Å²) in [5.41, 5.74) is 0. The number of nitrogens with one attached hydrogen (secondary N) is 1. The zero-order chi connectivity index (χ0) is 11.4. The molecule has 0 saturated carbocycles. The number of hydrogen-bond donors (Lipinski definition) is 1. The van der Waals surface area contributed by atoms with Crippen molar-refractivity contribution in [3.8, 4) is 0 Å². The third-order valence-electron chi connectivity index (χ3n) is 3.67. The summed E-state index contributed by atoms with van der Waals surface area (Å²) >= 11 is 0. The van der Waals surface area contributed by atoms with Gasteiger partial charge in [-0.1, -0.05) is 0 Å². The third kappa shape index (κ3) is 3.42. The Morgan fingerprint density at radius 3 is 2.94 bits per heavy atom. The fourth-order valence-corrected chi connectivity index (χ4v) is 2.80. The van der Waals surface area contributed by atoms with Gasteiger partial charge in [-0.25, -0.2) is 0 Å². The number of morpholine rings is 1. The van der Waals surface area contributed by atoms with Crippen LogP contribution in [0.4, 0.5) is 0 Å². The second kappa shape index (κ2) is 5.96. The topological polar surface area (TPSA) is 27.7 Å². The van der Waals surface area contributed by atoms with Gasteiger partial charge in [0.15, 0.2) is 0 Å². The van der Waals surface area contributed by atoms with E-state index in [9.17, 15) is 0 Å². The Labute approximate surface area is 98.9 Å². The molecular weight excluding hydrogens is 202 g/mol. The van der Waals surface area contributed by atoms with E-state index in [-0.39, 0.29) is 0 Å². The summed E-state index contributed by atoms with van der Waals surface area (Å²) in [7, 11) is 4.23. The lowest BCUT2D eigenvalue weighted by atomic mass is 10.1. The molecule has 0 aliphatic carbocycles. The van der Waals surface area contributed by atoms with Crippen molar-refractivity contribution < 1.29 is 4.74 Å². The number of ether oxygens (including phenoxy) is 1. The molecule has 0 amide bonds. The molecule has 0 aromatic heterocycles. The number of rotatable bonds is 4. The Hall–Kier alpha value is -0.160. The van der Waals surface area contributed by atoms with E-state index in [4.69, 9.17) is 4.74 Å². The lowest BCUT2D eigenvalue weighted by Crippen LogP contribution is -2.45. The molecule has 0 aromatic carbocycles. The van der Waals surface area contributed by atoms with E-state index in [0.717, 1.165) is 38.7 Å². The first-order chi connectivity index (χ1) is 7.78. The molecule has 1 N–H and O–H groups in total. The Bertz CT molecular complexity index is 212. The van der Waals surface area contributed by atoms with Gasteiger partial charge in [0.05, 0.1) is 12.7 Å². The summed E-state index contributed by atoms with van der Waals surface area (Å²) in [6.45, 7) is 7.83. The lowest BCUT2D eigenvalue weighted by Gasteiger charge is -2.32. The van der Waals surface area contributed by atoms with Gasteiger partial charge in [-0.05, 0) is 39.5 Å². The molecule has 4 nitrogen and oxygen atoms in total. The summed E-state index contributed by atoms with van der Waals surface area (Å²) < 4.78 is 5.81. The second-order valence-electron chi connectivity index (χ2n) is 5.23. The largest absolute Gasteiger partial charge is 0.374 e. The molecule has 2 unspecified atom stereocenters. The van der Waals surface area contributed by atoms with E-state index in [1.807, 2.05) is 7.05 Å². The first-order valence-corrected chi connectivity index (χ1v) is 6.45. The highest BCUT2D eigenvalue weighted by molar-refractivity contribution is 4.80. The summed E-state index contributed by atoms with van der Waals surface area (Å²) in [6.07, 6.45) is 1.76. The number of nitrogens with zero attached hydrogens (tertiary/aromatic N) is 2. The monoisotopic (exact) mass is 227 g/mol. The minimum atomic E-state index is 0.423. The SMILES string of the molecule is CNCC1CCN(CC2CN(C)CCO2)C1. The van der Waals surface area contributed by atoms with Gasteiger partial charge < -0.3 is 19.9 Å². The Morgan fingerprint density at radius 2 is 2.19 bits per heavy atom. The highest BCUT2D eigenvalue weighted by Gasteiger charge is 2.26. The van der Waals surface area contributed by atoms with Crippen molar-refractivity contribution in [1.29, 1.82) is 0 Å². The third-order valence-corrected chi connectivity index (χ3v) is 3.67. The van der Waals surface area contributed by atoms with Gasteiger partial charge in [-0.2, -0.15) is 0 Å². The molecule has 94 valence electrons. The molecule has 2 rings (SSSR count). The van der Waals surface area contributed by atoms with E-state index in [1.54, 1.807) is 0 Å². The van der Waals surface area contributed by atoms with Crippen molar-refractivity contribution in [3.63, 3.8) is 0 Å². The lowest BCUT2D eigenvalue weighted by molar-refractivity contribution is -0.0331. The summed E-state index contributed by atoms with van der Waals surface area (Å²) in [5, 5.41) is 3.27. The van der Waals surface area contributed by atoms with Crippen LogP contribution in [-0.2, 0) is 4.74 Å². The van der Waals surface area contributed by atoms with E-state index in [2.05, 4.69) is 22.2 Å². The Balaban J connectivity index is 1.70. The minimum absolute atomic E-state index is 0.423. The fraction of sp³-hybridized carbons (Fsp3) is 1.00. The van der Waals surface area contributed by atoms with E-state index in [1.165, 1.54) is 19.5 Å². The molecule has 2 aliphatic rings. The van der Waals surface area contributed by atoms with E-state index >= 15 is 0 Å². The summed E-state index contributed by atoms with van der Waals surface area (Å²) in [4.78, 5) is 4.93. The number of likely N-dealkylation sites (tertiary alicyclic amines) is 1. The van der Waals surface area contributed by atoms with Crippen molar-refractivity contribution in [2.24, 2.45) is 5.92 Å². The van der Waals surface area contributed by atoms with Crippen molar-refractivity contribution in [2.45, 2.75) is 12.5 Å². The molecule has 2 aliphatic heterocycles. The molecular formula is C12H25N3O. The van der Waals surface area contributed by atoms with Crippen molar-refractivity contribution >= 4 is 0 Å². The highest BCUT2D eigenvalue weighted by atomic mass is 16.5. The van der Waals surface area contributed by atoms with Crippen molar-refractivity contribution in [2.75, 3.05) is 60.0 Å². The maximum Gasteiger partial charge on any atom is 0.0829 e. The predicted molar refractivity (Wildman–Crippen MR) is 65.7 cm³/mol. The highest BCUT2D eigenvalue weighted by Crippen LogP contribution is 2.16. The van der Waals surface area contributed by atoms with Gasteiger partial charge in [0, 0.05) is 26.2 Å². The zero-order valence-corrected chi connectivity index (χ0v) is 10.6. The quantitative estimate of drug-likeness (QED) is 0.723. The van der Waals surface area contributed by atoms with Crippen molar-refractivity contribution in [1.82, 2.24) is 15.1 Å². The standard InChI is InChI=1S/C12H25N3O/c1-13-7-11-3-4-15(8-11)10-12-9-14(2)5-6-16-12/h11-13H,3-10H2,1-2H3. The van der Waals surface area contributed by atoms with Gasteiger partial charge in [-0.3, -0.25) is 0 Å². The molecule has 2 saturated heterocycles. The van der Waals surface area contributed by atoms with Crippen LogP contribution in [0.1, 0.15) is 6.42 Å². The van der Waals surface area contributed by atoms with Crippen LogP contribution in [-0.4, -0.2) is 75.9 Å². The predicted octanol–water partition coefficient (Wildman–Crippen LogP) is -0.142. The van der Waals surface area contributed by atoms with E-state index < -0.39 is 0 Å². The fourth-order valence-electron chi connectivity index (χ4n) is 2.80. The maximum absolute atomic E-state index is 5.81. The van der Waals surface area contributed by atoms with Gasteiger partial charge in [0.2, 0.25) is 0 Å². The van der Waals surface area contributed by atoms with Crippen LogP contribution >= 0.6 is 0 Å². The van der Waals surface area contributed by atoms with Crippen LogP contribution in [0.3, 0.4) is 0 Å². The van der Waals surface area contributed by atoms with Crippen molar-refractivity contribution in [3.05, 3.63) is 0 Å². The van der Waals surface area contributed by atoms with Crippen LogP contribution in [0.15, 0.2) is 0 Å². The number of likely N-dealkylation sites (N-methyl/N-ethyl adjacent to an activating group) is 1. The summed E-state index contributed by atoms with van der Waals surface area (Å²) in [5.74, 6) is 0.839. The van der Waals surface area contributed by atoms with Crippen LogP contribution < -0.4 is 5.32 Å². The number of hydrogen-bond acceptors (Lipinski definition) is 4. The van der Waals surface area contributed by atoms with Crippen LogP contribution in [0.2, 0.25) is 0 Å². The molecule has 2 atom stereocenters. The van der Waals surface area contributed by atoms with Crippen LogP contribution in [0, 0.1) is 5.92 Å². The zero-order valence-electron chi connectivity index (χ0n) is 10.6. The summed E-state index contributed by atoms with van der Waals surface area (Å²) in [6, 6.07) is 0. The molecule has 0 radical (unpaired) electrons. The molecule has 2 fully saturated rings. The first kappa shape index (κ1) is 12.3. The first-order valence-electron chi connectivity index (χ1n) is 6.45. The smallest absolute Gasteiger partial charge is 0.0829 e. The van der Waals surface area contributed by atoms with Gasteiger partial charge in [0.25, 0.3) is 0 Å². The second-order valence-corrected chi connectivity index (χ2v) is 5.23. The normalized spacial score (nSPS) is 33.4. The van der Waals surface area contributed by atoms with Crippen LogP contribution in [0.25, 0.3) is 0 Å². The maximum atomic E-state index is 5.81. The molecule has 2 heterocycles. The van der Waals surface area contributed by atoms with Gasteiger partial charge >= 0.3 is 0 Å². The van der Waals surface area contributed by atoms with E-state index in [0.29, 0.717) is 6.10 Å². The molecule has 4 heteroatoms. The minimum Gasteiger partial charge on any atom is -0.374 e. The van der Waals surface area contributed by atoms with Gasteiger partial charge in [0.1, 0.15) is 0 Å². The van der Waals surface area contributed by atoms with Crippen LogP contribution in [0.5, 0.6) is 0 Å². The molecule has 0 aromatic rings. The Morgan fingerprint density at radius 1 is 1.31 bits per heavy atom. The molecule has 16 heavy (non-hydrogen) atoms. The van der Waals surface area contributed by atoms with Gasteiger partial charge in [-0.15, -0.1) is 0 Å². The average Bonchev–Trinajstić information content (AvgIpc) is 2.66.